The van der Waals surface area contributed by atoms with Crippen molar-refractivity contribution in [3.8, 4) is 0 Å². The lowest BCUT2D eigenvalue weighted by Crippen LogP contribution is -2.28. The summed E-state index contributed by atoms with van der Waals surface area (Å²) in [5.41, 5.74) is 0.704. The van der Waals surface area contributed by atoms with Crippen molar-refractivity contribution in [1.82, 2.24) is 10.3 Å². The summed E-state index contributed by atoms with van der Waals surface area (Å²) in [7, 11) is 0. The highest BCUT2D eigenvalue weighted by atomic mass is 16.1. The van der Waals surface area contributed by atoms with E-state index in [0.717, 1.165) is 38.3 Å². The van der Waals surface area contributed by atoms with Gasteiger partial charge in [0, 0.05) is 25.8 Å². The molecule has 0 unspecified atom stereocenters. The summed E-state index contributed by atoms with van der Waals surface area (Å²) < 4.78 is 0. The lowest BCUT2D eigenvalue weighted by Gasteiger charge is -2.19. The van der Waals surface area contributed by atoms with Crippen molar-refractivity contribution >= 4 is 11.7 Å². The first-order valence-corrected chi connectivity index (χ1v) is 6.81. The lowest BCUT2D eigenvalue weighted by molar-refractivity contribution is 0.0953. The molecule has 0 saturated carbocycles. The number of hydrogen-bond acceptors (Lipinski definition) is 3. The van der Waals surface area contributed by atoms with Crippen LogP contribution >= 0.6 is 0 Å². The fourth-order valence-corrected chi connectivity index (χ4v) is 2.23. The molecule has 1 fully saturated rings. The Labute approximate surface area is 108 Å². The Kier molecular flexibility index (Phi) is 4.56. The molecule has 98 valence electrons. The van der Waals surface area contributed by atoms with E-state index in [1.165, 1.54) is 12.8 Å². The SMILES string of the molecule is CCCCNC(=O)c1cccnc1N1CCCC1. The molecule has 0 radical (unpaired) electrons. The van der Waals surface area contributed by atoms with Crippen molar-refractivity contribution in [2.45, 2.75) is 32.6 Å². The van der Waals surface area contributed by atoms with Crippen LogP contribution in [0.3, 0.4) is 0 Å². The van der Waals surface area contributed by atoms with Crippen LogP contribution in [0.2, 0.25) is 0 Å². The quantitative estimate of drug-likeness (QED) is 0.811. The van der Waals surface area contributed by atoms with Gasteiger partial charge in [-0.1, -0.05) is 13.3 Å². The number of anilines is 1. The topological polar surface area (TPSA) is 45.2 Å². The average Bonchev–Trinajstić information content (AvgIpc) is 2.93. The van der Waals surface area contributed by atoms with Gasteiger partial charge < -0.3 is 10.2 Å². The molecule has 1 amide bonds. The fourth-order valence-electron chi connectivity index (χ4n) is 2.23. The maximum absolute atomic E-state index is 12.1. The molecule has 4 nitrogen and oxygen atoms in total. The number of pyridine rings is 1. The summed E-state index contributed by atoms with van der Waals surface area (Å²) in [6.45, 7) is 4.87. The minimum atomic E-state index is -0.00144. The van der Waals surface area contributed by atoms with Crippen molar-refractivity contribution in [2.75, 3.05) is 24.5 Å². The standard InChI is InChI=1S/C14H21N3O/c1-2-3-8-16-14(18)12-7-6-9-15-13(12)17-10-4-5-11-17/h6-7,9H,2-5,8,10-11H2,1H3,(H,16,18). The van der Waals surface area contributed by atoms with E-state index >= 15 is 0 Å². The highest BCUT2D eigenvalue weighted by Gasteiger charge is 2.19. The van der Waals surface area contributed by atoms with Crippen LogP contribution in [0.1, 0.15) is 43.0 Å². The third kappa shape index (κ3) is 3.00. The van der Waals surface area contributed by atoms with E-state index < -0.39 is 0 Å². The summed E-state index contributed by atoms with van der Waals surface area (Å²) in [6.07, 6.45) is 6.24. The maximum atomic E-state index is 12.1. The first kappa shape index (κ1) is 12.9. The second-order valence-electron chi connectivity index (χ2n) is 4.68. The summed E-state index contributed by atoms with van der Waals surface area (Å²) in [6, 6.07) is 3.69. The van der Waals surface area contributed by atoms with Crippen molar-refractivity contribution in [3.63, 3.8) is 0 Å². The molecule has 0 aromatic carbocycles. The van der Waals surface area contributed by atoms with Crippen molar-refractivity contribution in [3.05, 3.63) is 23.9 Å². The second-order valence-corrected chi connectivity index (χ2v) is 4.68. The van der Waals surface area contributed by atoms with Crippen LogP contribution in [0.5, 0.6) is 0 Å². The molecular weight excluding hydrogens is 226 g/mol. The van der Waals surface area contributed by atoms with Gasteiger partial charge in [0.1, 0.15) is 5.82 Å². The highest BCUT2D eigenvalue weighted by Crippen LogP contribution is 2.21. The Morgan fingerprint density at radius 1 is 1.44 bits per heavy atom. The summed E-state index contributed by atoms with van der Waals surface area (Å²) in [5, 5.41) is 2.96. The van der Waals surface area contributed by atoms with Crippen LogP contribution in [0.25, 0.3) is 0 Å². The Hall–Kier alpha value is -1.58. The molecule has 1 aromatic rings. The number of carbonyl (C=O) groups excluding carboxylic acids is 1. The number of rotatable bonds is 5. The van der Waals surface area contributed by atoms with E-state index in [-0.39, 0.29) is 5.91 Å². The van der Waals surface area contributed by atoms with E-state index in [1.54, 1.807) is 6.20 Å². The van der Waals surface area contributed by atoms with Crippen molar-refractivity contribution in [2.24, 2.45) is 0 Å². The predicted octanol–water partition coefficient (Wildman–Crippen LogP) is 2.21. The largest absolute Gasteiger partial charge is 0.356 e. The molecule has 1 aromatic heterocycles. The zero-order valence-electron chi connectivity index (χ0n) is 11.0. The van der Waals surface area contributed by atoms with E-state index in [9.17, 15) is 4.79 Å². The van der Waals surface area contributed by atoms with E-state index in [0.29, 0.717) is 5.56 Å². The number of nitrogens with zero attached hydrogens (tertiary/aromatic N) is 2. The molecule has 1 N–H and O–H groups in total. The molecule has 2 heterocycles. The van der Waals surface area contributed by atoms with Gasteiger partial charge in [0.05, 0.1) is 5.56 Å². The highest BCUT2D eigenvalue weighted by molar-refractivity contribution is 5.98. The van der Waals surface area contributed by atoms with Crippen LogP contribution in [0.15, 0.2) is 18.3 Å². The number of aromatic nitrogens is 1. The minimum absolute atomic E-state index is 0.00144. The van der Waals surface area contributed by atoms with Crippen LogP contribution in [-0.2, 0) is 0 Å². The lowest BCUT2D eigenvalue weighted by atomic mass is 10.2. The molecular formula is C14H21N3O. The van der Waals surface area contributed by atoms with Gasteiger partial charge in [-0.2, -0.15) is 0 Å². The summed E-state index contributed by atoms with van der Waals surface area (Å²) in [4.78, 5) is 18.7. The smallest absolute Gasteiger partial charge is 0.255 e. The predicted molar refractivity (Wildman–Crippen MR) is 72.9 cm³/mol. The Morgan fingerprint density at radius 3 is 2.94 bits per heavy atom. The number of amides is 1. The van der Waals surface area contributed by atoms with E-state index in [1.807, 2.05) is 12.1 Å². The zero-order chi connectivity index (χ0) is 12.8. The molecule has 0 atom stereocenters. The molecule has 18 heavy (non-hydrogen) atoms. The van der Waals surface area contributed by atoms with Gasteiger partial charge in [0.15, 0.2) is 0 Å². The third-order valence-corrected chi connectivity index (χ3v) is 3.25. The Morgan fingerprint density at radius 2 is 2.22 bits per heavy atom. The van der Waals surface area contributed by atoms with E-state index in [4.69, 9.17) is 0 Å². The first-order chi connectivity index (χ1) is 8.83. The summed E-state index contributed by atoms with van der Waals surface area (Å²) >= 11 is 0. The van der Waals surface area contributed by atoms with E-state index in [2.05, 4.69) is 22.1 Å². The maximum Gasteiger partial charge on any atom is 0.255 e. The molecule has 1 aliphatic rings. The first-order valence-electron chi connectivity index (χ1n) is 6.81. The van der Waals surface area contributed by atoms with Crippen LogP contribution < -0.4 is 10.2 Å². The fraction of sp³-hybridized carbons (Fsp3) is 0.571. The Balaban J connectivity index is 2.08. The van der Waals surface area contributed by atoms with Gasteiger partial charge in [-0.15, -0.1) is 0 Å². The van der Waals surface area contributed by atoms with Gasteiger partial charge in [-0.3, -0.25) is 4.79 Å². The van der Waals surface area contributed by atoms with Gasteiger partial charge in [-0.25, -0.2) is 4.98 Å². The molecule has 0 spiro atoms. The third-order valence-electron chi connectivity index (χ3n) is 3.25. The number of nitrogens with one attached hydrogen (secondary N) is 1. The molecule has 4 heteroatoms. The molecule has 1 saturated heterocycles. The zero-order valence-corrected chi connectivity index (χ0v) is 11.0. The van der Waals surface area contributed by atoms with Crippen molar-refractivity contribution in [1.29, 1.82) is 0 Å². The molecule has 2 rings (SSSR count). The Bertz CT molecular complexity index is 400. The monoisotopic (exact) mass is 247 g/mol. The molecule has 0 bridgehead atoms. The number of hydrogen-bond donors (Lipinski definition) is 1. The minimum Gasteiger partial charge on any atom is -0.356 e. The second kappa shape index (κ2) is 6.38. The molecule has 0 aliphatic carbocycles. The van der Waals surface area contributed by atoms with Crippen molar-refractivity contribution < 1.29 is 4.79 Å². The van der Waals surface area contributed by atoms with Crippen LogP contribution in [-0.4, -0.2) is 30.5 Å². The van der Waals surface area contributed by atoms with Gasteiger partial charge in [0.2, 0.25) is 0 Å². The van der Waals surface area contributed by atoms with Gasteiger partial charge in [0.25, 0.3) is 5.91 Å². The normalized spacial score (nSPS) is 14.8. The molecule has 1 aliphatic heterocycles. The van der Waals surface area contributed by atoms with Crippen LogP contribution in [0.4, 0.5) is 5.82 Å². The van der Waals surface area contributed by atoms with Gasteiger partial charge >= 0.3 is 0 Å². The summed E-state index contributed by atoms with van der Waals surface area (Å²) in [5.74, 6) is 0.836. The average molecular weight is 247 g/mol. The van der Waals surface area contributed by atoms with Crippen LogP contribution in [0, 0.1) is 0 Å². The van der Waals surface area contributed by atoms with Gasteiger partial charge in [-0.05, 0) is 31.4 Å². The number of unbranched alkanes of at least 4 members (excludes halogenated alkanes) is 1. The number of carbonyl (C=O) groups is 1.